The Balaban J connectivity index is 1.72. The number of phenolic OH excluding ortho intramolecular Hbond substituents is 1. The highest BCUT2D eigenvalue weighted by Gasteiger charge is 2.64. The van der Waals surface area contributed by atoms with Crippen molar-refractivity contribution in [3.05, 3.63) is 40.2 Å². The summed E-state index contributed by atoms with van der Waals surface area (Å²) in [6.07, 6.45) is 1.41. The molecule has 0 radical (unpaired) electrons. The molecule has 0 aromatic heterocycles. The molecule has 180 valence electrons. The van der Waals surface area contributed by atoms with Crippen LogP contribution in [0.4, 0.5) is 5.69 Å². The van der Waals surface area contributed by atoms with Gasteiger partial charge >= 0.3 is 0 Å². The predicted octanol–water partition coefficient (Wildman–Crippen LogP) is 0.174. The van der Waals surface area contributed by atoms with E-state index in [9.17, 15) is 34.8 Å². The number of carbonyl (C=O) groups excluding carboxylic acids is 3. The molecule has 1 aliphatic heterocycles. The van der Waals surface area contributed by atoms with Crippen molar-refractivity contribution in [3.63, 3.8) is 0 Å². The summed E-state index contributed by atoms with van der Waals surface area (Å²) in [6, 6.07) is 2.15. The van der Waals surface area contributed by atoms with Crippen LogP contribution >= 0.6 is 0 Å². The van der Waals surface area contributed by atoms with Crippen LogP contribution in [-0.4, -0.2) is 81.6 Å². The smallest absolute Gasteiger partial charge is 0.255 e. The molecule has 5 rings (SSSR count). The molecule has 1 amide bonds. The summed E-state index contributed by atoms with van der Waals surface area (Å²) in [5.74, 6) is -6.39. The van der Waals surface area contributed by atoms with Crippen molar-refractivity contribution in [3.8, 4) is 5.75 Å². The molecule has 1 aromatic rings. The van der Waals surface area contributed by atoms with Crippen LogP contribution in [0.5, 0.6) is 5.75 Å². The van der Waals surface area contributed by atoms with Gasteiger partial charge in [-0.3, -0.25) is 19.3 Å². The van der Waals surface area contributed by atoms with Gasteiger partial charge in [-0.2, -0.15) is 0 Å². The number of likely N-dealkylation sites (N-methyl/N-ethyl adjacent to an activating group) is 1. The third-order valence-corrected chi connectivity index (χ3v) is 7.78. The van der Waals surface area contributed by atoms with Crippen LogP contribution in [0.3, 0.4) is 0 Å². The summed E-state index contributed by atoms with van der Waals surface area (Å²) < 4.78 is 0. The van der Waals surface area contributed by atoms with Crippen molar-refractivity contribution in [1.82, 2.24) is 4.90 Å². The lowest BCUT2D eigenvalue weighted by molar-refractivity contribution is -0.153. The van der Waals surface area contributed by atoms with E-state index in [1.165, 1.54) is 11.0 Å². The second-order valence-electron chi connectivity index (χ2n) is 9.76. The molecule has 10 nitrogen and oxygen atoms in total. The number of aromatic hydroxyl groups is 1. The monoisotopic (exact) mass is 469 g/mol. The Morgan fingerprint density at radius 3 is 2.41 bits per heavy atom. The van der Waals surface area contributed by atoms with Gasteiger partial charge < -0.3 is 31.1 Å². The minimum absolute atomic E-state index is 0.0842. The molecule has 1 aromatic carbocycles. The van der Waals surface area contributed by atoms with Crippen molar-refractivity contribution >= 4 is 28.9 Å². The van der Waals surface area contributed by atoms with Gasteiger partial charge in [0.05, 0.1) is 11.6 Å². The Kier molecular flexibility index (Phi) is 4.82. The highest BCUT2D eigenvalue weighted by Crippen LogP contribution is 2.53. The lowest BCUT2D eigenvalue weighted by Gasteiger charge is -2.50. The summed E-state index contributed by atoms with van der Waals surface area (Å²) in [6.45, 7) is 1.68. The Labute approximate surface area is 195 Å². The van der Waals surface area contributed by atoms with Gasteiger partial charge in [0.1, 0.15) is 22.8 Å². The van der Waals surface area contributed by atoms with Gasteiger partial charge in [-0.15, -0.1) is 0 Å². The molecule has 0 bridgehead atoms. The minimum Gasteiger partial charge on any atom is -0.508 e. The first-order valence-corrected chi connectivity index (χ1v) is 11.2. The van der Waals surface area contributed by atoms with E-state index in [4.69, 9.17) is 5.73 Å². The fraction of sp³-hybridized carbons (Fsp3) is 0.458. The fourth-order valence-electron chi connectivity index (χ4n) is 6.08. The van der Waals surface area contributed by atoms with Crippen molar-refractivity contribution in [1.29, 1.82) is 0 Å². The second kappa shape index (κ2) is 7.31. The standard InChI is InChI=1S/C24H27N3O7/c1-26(2)18-12-9-10-8-11-13(27-6-3-7-27)4-5-14(28)16(11)19(29)15(10)21(31)24(12,34)22(32)17(20(18)30)23(25)33/h4-5,10,12,18,28-29,32,34H,3,6-9H2,1-2H3,(H2,25,33)/t10?,12?,18-,24-/m0/s1. The van der Waals surface area contributed by atoms with E-state index in [0.717, 1.165) is 25.2 Å². The number of anilines is 1. The molecule has 1 saturated heterocycles. The molecule has 10 heteroatoms. The summed E-state index contributed by atoms with van der Waals surface area (Å²) >= 11 is 0. The number of nitrogens with two attached hydrogens (primary N) is 1. The Morgan fingerprint density at radius 1 is 1.18 bits per heavy atom. The van der Waals surface area contributed by atoms with Crippen molar-refractivity contribution in [2.24, 2.45) is 17.6 Å². The zero-order chi connectivity index (χ0) is 24.7. The number of Topliss-reactive ketones (excluding diaryl/α,β-unsaturated/α-hetero) is 2. The molecular weight excluding hydrogens is 442 g/mol. The third-order valence-electron chi connectivity index (χ3n) is 7.78. The Bertz CT molecular complexity index is 1210. The van der Waals surface area contributed by atoms with Gasteiger partial charge in [0.15, 0.2) is 11.4 Å². The second-order valence-corrected chi connectivity index (χ2v) is 9.76. The zero-order valence-electron chi connectivity index (χ0n) is 18.9. The van der Waals surface area contributed by atoms with E-state index in [1.54, 1.807) is 20.2 Å². The SMILES string of the molecule is CN(C)[C@@H]1C(=O)C(C(N)=O)=C(O)[C@@]2(O)C(=O)C3=C(O)c4c(O)ccc(N5CCC5)c4CC3CC12. The van der Waals surface area contributed by atoms with Crippen LogP contribution in [0.25, 0.3) is 5.76 Å². The zero-order valence-corrected chi connectivity index (χ0v) is 18.9. The molecule has 2 unspecified atom stereocenters. The highest BCUT2D eigenvalue weighted by atomic mass is 16.3. The maximum Gasteiger partial charge on any atom is 0.255 e. The largest absolute Gasteiger partial charge is 0.508 e. The maximum absolute atomic E-state index is 13.8. The number of ketones is 2. The first-order chi connectivity index (χ1) is 16.0. The topological polar surface area (TPSA) is 165 Å². The number of amides is 1. The molecule has 0 spiro atoms. The van der Waals surface area contributed by atoms with Gasteiger partial charge in [-0.25, -0.2) is 0 Å². The number of primary amides is 1. The van der Waals surface area contributed by atoms with Gasteiger partial charge in [-0.05, 0) is 57.0 Å². The summed E-state index contributed by atoms with van der Waals surface area (Å²) in [5.41, 5.74) is 3.44. The van der Waals surface area contributed by atoms with E-state index in [0.29, 0.717) is 12.0 Å². The number of benzene rings is 1. The van der Waals surface area contributed by atoms with Gasteiger partial charge in [0, 0.05) is 30.3 Å². The van der Waals surface area contributed by atoms with Crippen LogP contribution in [0.1, 0.15) is 24.0 Å². The van der Waals surface area contributed by atoms with Crippen LogP contribution in [0.2, 0.25) is 0 Å². The first-order valence-electron chi connectivity index (χ1n) is 11.2. The molecule has 2 fully saturated rings. The van der Waals surface area contributed by atoms with Crippen LogP contribution in [0, 0.1) is 11.8 Å². The van der Waals surface area contributed by atoms with Crippen molar-refractivity contribution in [2.45, 2.75) is 30.9 Å². The number of nitrogens with zero attached hydrogens (tertiary/aromatic N) is 2. The Hall–Kier alpha value is -3.37. The third kappa shape index (κ3) is 2.72. The fourth-order valence-corrected chi connectivity index (χ4v) is 6.08. The molecule has 34 heavy (non-hydrogen) atoms. The van der Waals surface area contributed by atoms with E-state index in [1.807, 2.05) is 0 Å². The molecule has 6 N–H and O–H groups in total. The predicted molar refractivity (Wildman–Crippen MR) is 121 cm³/mol. The van der Waals surface area contributed by atoms with Crippen LogP contribution < -0.4 is 10.6 Å². The molecule has 3 aliphatic carbocycles. The molecular formula is C24H27N3O7. The van der Waals surface area contributed by atoms with E-state index >= 15 is 0 Å². The molecule has 1 saturated carbocycles. The minimum atomic E-state index is -2.62. The number of carbonyl (C=O) groups is 3. The average Bonchev–Trinajstić information content (AvgIpc) is 2.70. The van der Waals surface area contributed by atoms with Crippen molar-refractivity contribution in [2.75, 3.05) is 32.1 Å². The van der Waals surface area contributed by atoms with Crippen LogP contribution in [0.15, 0.2) is 29.0 Å². The lowest BCUT2D eigenvalue weighted by atomic mass is 9.57. The number of rotatable bonds is 3. The number of aliphatic hydroxyl groups excluding tert-OH is 2. The van der Waals surface area contributed by atoms with Gasteiger partial charge in [0.2, 0.25) is 5.78 Å². The van der Waals surface area contributed by atoms with Gasteiger partial charge in [0.25, 0.3) is 5.91 Å². The highest BCUT2D eigenvalue weighted by molar-refractivity contribution is 6.24. The number of hydrogen-bond acceptors (Lipinski definition) is 9. The molecule has 1 heterocycles. The first kappa shape index (κ1) is 22.4. The molecule has 4 atom stereocenters. The normalized spacial score (nSPS) is 30.7. The molecule has 4 aliphatic rings. The summed E-state index contributed by atoms with van der Waals surface area (Å²) in [5, 5.41) is 44.2. The number of fused-ring (bicyclic) bond motifs is 3. The number of hydrogen-bond donors (Lipinski definition) is 5. The number of phenols is 1. The Morgan fingerprint density at radius 2 is 1.85 bits per heavy atom. The lowest BCUT2D eigenvalue weighted by Crippen LogP contribution is -2.65. The van der Waals surface area contributed by atoms with Crippen molar-refractivity contribution < 1.29 is 34.8 Å². The summed E-state index contributed by atoms with van der Waals surface area (Å²) in [7, 11) is 3.15. The van der Waals surface area contributed by atoms with Gasteiger partial charge in [-0.1, -0.05) is 0 Å². The van der Waals surface area contributed by atoms with E-state index in [2.05, 4.69) is 4.90 Å². The van der Waals surface area contributed by atoms with Crippen LogP contribution in [-0.2, 0) is 20.8 Å². The summed E-state index contributed by atoms with van der Waals surface area (Å²) in [4.78, 5) is 42.5. The number of aliphatic hydroxyl groups is 3. The average molecular weight is 469 g/mol. The maximum atomic E-state index is 13.8. The van der Waals surface area contributed by atoms with E-state index < -0.39 is 58.0 Å². The van der Waals surface area contributed by atoms with E-state index in [-0.39, 0.29) is 23.3 Å². The quantitative estimate of drug-likeness (QED) is 0.388.